The highest BCUT2D eigenvalue weighted by molar-refractivity contribution is 7.18. The number of nitrogens with two attached hydrogens (primary N) is 1. The van der Waals surface area contributed by atoms with Crippen molar-refractivity contribution < 1.29 is 4.79 Å². The maximum absolute atomic E-state index is 12.1. The number of carbonyl (C=O) groups excluding carboxylic acids is 1. The van der Waals surface area contributed by atoms with Crippen LogP contribution in [0.15, 0.2) is 18.7 Å². The molecule has 0 saturated carbocycles. The summed E-state index contributed by atoms with van der Waals surface area (Å²) in [4.78, 5) is 24.2. The van der Waals surface area contributed by atoms with E-state index in [-0.39, 0.29) is 11.7 Å². The summed E-state index contributed by atoms with van der Waals surface area (Å²) >= 11 is 1.23. The van der Waals surface area contributed by atoms with Crippen LogP contribution in [0.1, 0.15) is 23.5 Å². The zero-order chi connectivity index (χ0) is 14.5. The molecule has 4 N–H and O–H groups in total. The lowest BCUT2D eigenvalue weighted by molar-refractivity contribution is 0.103. The molecule has 106 valence electrons. The quantitative estimate of drug-likeness (QED) is 0.776. The second-order valence-corrected chi connectivity index (χ2v) is 5.59. The van der Waals surface area contributed by atoms with Crippen LogP contribution >= 0.6 is 11.3 Å². The first-order valence-corrected chi connectivity index (χ1v) is 6.94. The van der Waals surface area contributed by atoms with Gasteiger partial charge in [-0.05, 0) is 5.92 Å². The average Bonchev–Trinajstić information content (AvgIpc) is 2.79. The summed E-state index contributed by atoms with van der Waals surface area (Å²) in [5.41, 5.74) is 6.29. The molecule has 0 aliphatic heterocycles. The lowest BCUT2D eigenvalue weighted by Gasteiger charge is -2.04. The van der Waals surface area contributed by atoms with E-state index in [2.05, 4.69) is 39.4 Å². The van der Waals surface area contributed by atoms with Gasteiger partial charge in [0.1, 0.15) is 17.0 Å². The van der Waals surface area contributed by atoms with E-state index < -0.39 is 0 Å². The Bertz CT molecular complexity index is 583. The molecule has 2 aromatic rings. The predicted octanol–water partition coefficient (Wildman–Crippen LogP) is 1.84. The Morgan fingerprint density at radius 3 is 2.75 bits per heavy atom. The van der Waals surface area contributed by atoms with Gasteiger partial charge in [0.25, 0.3) is 5.91 Å². The third-order valence-corrected chi connectivity index (χ3v) is 3.37. The molecule has 2 aromatic heterocycles. The number of nitrogens with zero attached hydrogens (tertiary/aromatic N) is 3. The highest BCUT2D eigenvalue weighted by atomic mass is 32.1. The third-order valence-electron chi connectivity index (χ3n) is 2.34. The molecule has 0 atom stereocenters. The summed E-state index contributed by atoms with van der Waals surface area (Å²) in [7, 11) is 0. The van der Waals surface area contributed by atoms with Gasteiger partial charge in [-0.25, -0.2) is 15.0 Å². The Labute approximate surface area is 120 Å². The molecule has 20 heavy (non-hydrogen) atoms. The lowest BCUT2D eigenvalue weighted by atomic mass is 10.2. The predicted molar refractivity (Wildman–Crippen MR) is 79.8 cm³/mol. The van der Waals surface area contributed by atoms with Gasteiger partial charge >= 0.3 is 0 Å². The van der Waals surface area contributed by atoms with Crippen LogP contribution in [0.5, 0.6) is 0 Å². The van der Waals surface area contributed by atoms with Crippen molar-refractivity contribution in [3.05, 3.63) is 23.6 Å². The summed E-state index contributed by atoms with van der Waals surface area (Å²) in [6, 6.07) is 0. The van der Waals surface area contributed by atoms with E-state index in [4.69, 9.17) is 5.73 Å². The summed E-state index contributed by atoms with van der Waals surface area (Å²) < 4.78 is 0. The molecule has 0 bridgehead atoms. The fourth-order valence-electron chi connectivity index (χ4n) is 1.41. The van der Waals surface area contributed by atoms with Crippen LogP contribution in [0.2, 0.25) is 0 Å². The van der Waals surface area contributed by atoms with Crippen molar-refractivity contribution in [2.75, 3.05) is 22.9 Å². The number of rotatable bonds is 5. The Hall–Kier alpha value is -2.22. The summed E-state index contributed by atoms with van der Waals surface area (Å²) in [6.45, 7) is 4.96. The van der Waals surface area contributed by atoms with Crippen molar-refractivity contribution in [1.29, 1.82) is 0 Å². The Kier molecular flexibility index (Phi) is 4.46. The Balaban J connectivity index is 2.06. The molecule has 8 heteroatoms. The number of aromatic nitrogens is 3. The SMILES string of the molecule is CC(C)CNc1nc(N)c(C(=O)Nc2cncnc2)s1. The van der Waals surface area contributed by atoms with E-state index in [1.165, 1.54) is 30.1 Å². The van der Waals surface area contributed by atoms with Crippen LogP contribution < -0.4 is 16.4 Å². The highest BCUT2D eigenvalue weighted by Gasteiger charge is 2.16. The molecule has 0 aliphatic carbocycles. The fourth-order valence-corrected chi connectivity index (χ4v) is 2.20. The van der Waals surface area contributed by atoms with Gasteiger partial charge in [0, 0.05) is 6.54 Å². The molecule has 7 nitrogen and oxygen atoms in total. The van der Waals surface area contributed by atoms with Crippen LogP contribution in [0.3, 0.4) is 0 Å². The van der Waals surface area contributed by atoms with E-state index in [1.54, 1.807) is 0 Å². The monoisotopic (exact) mass is 292 g/mol. The Morgan fingerprint density at radius 2 is 2.10 bits per heavy atom. The average molecular weight is 292 g/mol. The number of hydrogen-bond donors (Lipinski definition) is 3. The van der Waals surface area contributed by atoms with Gasteiger partial charge < -0.3 is 16.4 Å². The fraction of sp³-hybridized carbons (Fsp3) is 0.333. The first kappa shape index (κ1) is 14.2. The van der Waals surface area contributed by atoms with Crippen LogP contribution in [0, 0.1) is 5.92 Å². The summed E-state index contributed by atoms with van der Waals surface area (Å²) in [5.74, 6) is 0.391. The zero-order valence-corrected chi connectivity index (χ0v) is 12.1. The van der Waals surface area contributed by atoms with E-state index in [0.29, 0.717) is 21.6 Å². The van der Waals surface area contributed by atoms with Gasteiger partial charge in [-0.15, -0.1) is 0 Å². The molecule has 0 fully saturated rings. The number of amides is 1. The van der Waals surface area contributed by atoms with Crippen molar-refractivity contribution in [1.82, 2.24) is 15.0 Å². The van der Waals surface area contributed by atoms with Crippen molar-refractivity contribution in [3.8, 4) is 0 Å². The van der Waals surface area contributed by atoms with Gasteiger partial charge in [0.15, 0.2) is 5.13 Å². The van der Waals surface area contributed by atoms with E-state index >= 15 is 0 Å². The van der Waals surface area contributed by atoms with Crippen molar-refractivity contribution in [2.24, 2.45) is 5.92 Å². The molecule has 0 aliphatic rings. The number of nitrogens with one attached hydrogen (secondary N) is 2. The smallest absolute Gasteiger partial charge is 0.269 e. The first-order valence-electron chi connectivity index (χ1n) is 6.12. The number of carbonyl (C=O) groups is 1. The molecule has 2 rings (SSSR count). The van der Waals surface area contributed by atoms with Crippen molar-refractivity contribution in [3.63, 3.8) is 0 Å². The van der Waals surface area contributed by atoms with E-state index in [0.717, 1.165) is 6.54 Å². The molecule has 2 heterocycles. The van der Waals surface area contributed by atoms with E-state index in [1.807, 2.05) is 0 Å². The van der Waals surface area contributed by atoms with Gasteiger partial charge in [-0.1, -0.05) is 25.2 Å². The molecule has 0 spiro atoms. The zero-order valence-electron chi connectivity index (χ0n) is 11.3. The highest BCUT2D eigenvalue weighted by Crippen LogP contribution is 2.25. The topological polar surface area (TPSA) is 106 Å². The van der Waals surface area contributed by atoms with Crippen LogP contribution in [-0.4, -0.2) is 27.4 Å². The molecular formula is C12H16N6OS. The minimum Gasteiger partial charge on any atom is -0.382 e. The molecule has 1 amide bonds. The van der Waals surface area contributed by atoms with Gasteiger partial charge in [0.05, 0.1) is 18.1 Å². The normalized spacial score (nSPS) is 10.6. The first-order chi connectivity index (χ1) is 9.56. The molecule has 0 saturated heterocycles. The number of thiazole rings is 1. The van der Waals surface area contributed by atoms with E-state index in [9.17, 15) is 4.79 Å². The van der Waals surface area contributed by atoms with Crippen LogP contribution in [0.4, 0.5) is 16.6 Å². The minimum atomic E-state index is -0.313. The molecule has 0 unspecified atom stereocenters. The maximum atomic E-state index is 12.1. The number of nitrogen functional groups attached to an aromatic ring is 1. The summed E-state index contributed by atoms with van der Waals surface area (Å²) in [6.07, 6.45) is 4.42. The van der Waals surface area contributed by atoms with Gasteiger partial charge in [-0.3, -0.25) is 4.79 Å². The van der Waals surface area contributed by atoms with Crippen molar-refractivity contribution >= 4 is 33.9 Å². The molecule has 0 radical (unpaired) electrons. The second kappa shape index (κ2) is 6.29. The van der Waals surface area contributed by atoms with Crippen LogP contribution in [-0.2, 0) is 0 Å². The Morgan fingerprint density at radius 1 is 1.40 bits per heavy atom. The van der Waals surface area contributed by atoms with Crippen molar-refractivity contribution in [2.45, 2.75) is 13.8 Å². The van der Waals surface area contributed by atoms with Gasteiger partial charge in [-0.2, -0.15) is 0 Å². The second-order valence-electron chi connectivity index (χ2n) is 4.59. The molecular weight excluding hydrogens is 276 g/mol. The van der Waals surface area contributed by atoms with Crippen LogP contribution in [0.25, 0.3) is 0 Å². The van der Waals surface area contributed by atoms with Gasteiger partial charge in [0.2, 0.25) is 0 Å². The molecule has 0 aromatic carbocycles. The minimum absolute atomic E-state index is 0.218. The number of hydrogen-bond acceptors (Lipinski definition) is 7. The number of anilines is 3. The lowest BCUT2D eigenvalue weighted by Crippen LogP contribution is -2.12. The third kappa shape index (κ3) is 3.64. The maximum Gasteiger partial charge on any atom is 0.269 e. The largest absolute Gasteiger partial charge is 0.382 e. The summed E-state index contributed by atoms with van der Waals surface area (Å²) in [5, 5.41) is 6.47. The standard InChI is InChI=1S/C12H16N6OS/c1-7(2)3-16-12-18-10(13)9(20-12)11(19)17-8-4-14-6-15-5-8/h4-7H,3,13H2,1-2H3,(H,16,18)(H,17,19).